The number of benzene rings is 1. The molecule has 168 valence electrons. The Balaban J connectivity index is 1.50. The van der Waals surface area contributed by atoms with Crippen molar-refractivity contribution in [2.75, 3.05) is 25.5 Å². The highest BCUT2D eigenvalue weighted by Crippen LogP contribution is 2.31. The van der Waals surface area contributed by atoms with Crippen LogP contribution in [0.25, 0.3) is 22.0 Å². The van der Waals surface area contributed by atoms with Crippen molar-refractivity contribution in [3.8, 4) is 11.3 Å². The van der Waals surface area contributed by atoms with Gasteiger partial charge >= 0.3 is 0 Å². The highest BCUT2D eigenvalue weighted by Gasteiger charge is 2.18. The summed E-state index contributed by atoms with van der Waals surface area (Å²) in [6.07, 6.45) is 7.54. The van der Waals surface area contributed by atoms with Crippen molar-refractivity contribution in [2.45, 2.75) is 25.3 Å². The van der Waals surface area contributed by atoms with Crippen molar-refractivity contribution in [3.63, 3.8) is 0 Å². The molecule has 0 bridgehead atoms. The third-order valence-corrected chi connectivity index (χ3v) is 6.44. The molecule has 1 saturated heterocycles. The van der Waals surface area contributed by atoms with Crippen molar-refractivity contribution < 1.29 is 0 Å². The summed E-state index contributed by atoms with van der Waals surface area (Å²) in [4.78, 5) is 26.9. The van der Waals surface area contributed by atoms with Crippen LogP contribution in [0.5, 0.6) is 0 Å². The molecule has 1 aliphatic heterocycles. The summed E-state index contributed by atoms with van der Waals surface area (Å²) < 4.78 is 0. The lowest BCUT2D eigenvalue weighted by Crippen LogP contribution is -2.29. The average molecular weight is 441 g/mol. The predicted molar refractivity (Wildman–Crippen MR) is 133 cm³/mol. The number of aromatic amines is 1. The highest BCUT2D eigenvalue weighted by molar-refractivity contribution is 5.95. The van der Waals surface area contributed by atoms with E-state index in [1.165, 1.54) is 18.4 Å². The zero-order valence-electron chi connectivity index (χ0n) is 18.7. The molecule has 7 nitrogen and oxygen atoms in total. The molecule has 1 aliphatic rings. The van der Waals surface area contributed by atoms with Gasteiger partial charge in [0.1, 0.15) is 5.82 Å². The number of hydrogen-bond acceptors (Lipinski definition) is 6. The van der Waals surface area contributed by atoms with Gasteiger partial charge < -0.3 is 20.9 Å². The number of likely N-dealkylation sites (tertiary alicyclic amines) is 1. The van der Waals surface area contributed by atoms with Crippen molar-refractivity contribution in [2.24, 2.45) is 5.73 Å². The number of rotatable bonds is 5. The number of pyridine rings is 3. The highest BCUT2D eigenvalue weighted by atomic mass is 16.1. The molecule has 4 heterocycles. The van der Waals surface area contributed by atoms with Crippen LogP contribution in [-0.4, -0.2) is 40.0 Å². The van der Waals surface area contributed by atoms with Crippen LogP contribution >= 0.6 is 0 Å². The van der Waals surface area contributed by atoms with Crippen LogP contribution in [0.15, 0.2) is 65.8 Å². The number of fused-ring (bicyclic) bond motifs is 1. The number of nitrogens with one attached hydrogen (secondary N) is 2. The average Bonchev–Trinajstić information content (AvgIpc) is 2.85. The summed E-state index contributed by atoms with van der Waals surface area (Å²) in [6.45, 7) is 2.68. The summed E-state index contributed by atoms with van der Waals surface area (Å²) in [6, 6.07) is 14.3. The predicted octanol–water partition coefficient (Wildman–Crippen LogP) is 4.00. The molecular weight excluding hydrogens is 412 g/mol. The number of aromatic nitrogens is 3. The zero-order chi connectivity index (χ0) is 22.8. The topological polar surface area (TPSA) is 99.9 Å². The van der Waals surface area contributed by atoms with Gasteiger partial charge in [-0.3, -0.25) is 9.78 Å². The van der Waals surface area contributed by atoms with Gasteiger partial charge in [-0.2, -0.15) is 0 Å². The van der Waals surface area contributed by atoms with Gasteiger partial charge in [0, 0.05) is 36.4 Å². The summed E-state index contributed by atoms with van der Waals surface area (Å²) in [7, 11) is 2.18. The Bertz CT molecular complexity index is 1320. The monoisotopic (exact) mass is 440 g/mol. The summed E-state index contributed by atoms with van der Waals surface area (Å²) in [5, 5.41) is 4.72. The number of nitrogens with zero attached hydrogens (tertiary/aromatic N) is 3. The van der Waals surface area contributed by atoms with Gasteiger partial charge in [0.05, 0.1) is 11.1 Å². The molecule has 3 aromatic heterocycles. The van der Waals surface area contributed by atoms with Crippen molar-refractivity contribution in [1.82, 2.24) is 19.9 Å². The lowest BCUT2D eigenvalue weighted by atomic mass is 9.89. The standard InChI is InChI=1S/C26H28N6O/c1-32-10-7-19(8-11-32)18-2-4-22(5-3-18)30-25-24-20(6-9-29-26(24)33)13-23(31-25)21-12-17(14-27)15-28-16-21/h2-6,9,12-13,15-16,19H,7-8,10-11,14,27H2,1H3,(H,29,33)(H,30,31). The van der Waals surface area contributed by atoms with E-state index in [1.807, 2.05) is 18.2 Å². The second-order valence-corrected chi connectivity index (χ2v) is 8.74. The molecule has 5 rings (SSSR count). The van der Waals surface area contributed by atoms with Crippen molar-refractivity contribution >= 4 is 22.3 Å². The van der Waals surface area contributed by atoms with Gasteiger partial charge in [0.2, 0.25) is 0 Å². The fraction of sp³-hybridized carbons (Fsp3) is 0.269. The molecule has 7 heteroatoms. The van der Waals surface area contributed by atoms with Crippen molar-refractivity contribution in [3.05, 3.63) is 82.5 Å². The zero-order valence-corrected chi connectivity index (χ0v) is 18.7. The SMILES string of the molecule is CN1CCC(c2ccc(Nc3nc(-c4cncc(CN)c4)cc4cc[nH]c(=O)c34)cc2)CC1. The maximum atomic E-state index is 12.7. The molecule has 33 heavy (non-hydrogen) atoms. The Morgan fingerprint density at radius 3 is 2.67 bits per heavy atom. The van der Waals surface area contributed by atoms with E-state index in [0.717, 1.165) is 41.0 Å². The minimum atomic E-state index is -0.175. The van der Waals surface area contributed by atoms with Crippen LogP contribution < -0.4 is 16.6 Å². The number of nitrogens with two attached hydrogens (primary N) is 1. The van der Waals surface area contributed by atoms with Crippen LogP contribution in [0, 0.1) is 0 Å². The van der Waals surface area contributed by atoms with E-state index in [2.05, 4.69) is 51.5 Å². The third-order valence-electron chi connectivity index (χ3n) is 6.44. The molecule has 0 aliphatic carbocycles. The molecule has 4 N–H and O–H groups in total. The second kappa shape index (κ2) is 9.13. The minimum absolute atomic E-state index is 0.175. The lowest BCUT2D eigenvalue weighted by molar-refractivity contribution is 0.255. The Morgan fingerprint density at radius 1 is 1.12 bits per heavy atom. The normalized spacial score (nSPS) is 15.1. The first kappa shape index (κ1) is 21.3. The Hall–Kier alpha value is -3.55. The molecular formula is C26H28N6O. The number of anilines is 2. The molecule has 0 atom stereocenters. The van der Waals surface area contributed by atoms with E-state index in [-0.39, 0.29) is 5.56 Å². The first-order chi connectivity index (χ1) is 16.1. The minimum Gasteiger partial charge on any atom is -0.340 e. The molecule has 4 aromatic rings. The van der Waals surface area contributed by atoms with Crippen LogP contribution in [0.2, 0.25) is 0 Å². The van der Waals surface area contributed by atoms with E-state index >= 15 is 0 Å². The Kier molecular flexibility index (Phi) is 5.90. The molecule has 0 saturated carbocycles. The van der Waals surface area contributed by atoms with E-state index < -0.39 is 0 Å². The van der Waals surface area contributed by atoms with Crippen LogP contribution in [0.3, 0.4) is 0 Å². The quantitative estimate of drug-likeness (QED) is 0.434. The fourth-order valence-electron chi connectivity index (χ4n) is 4.51. The van der Waals surface area contributed by atoms with Gasteiger partial charge in [-0.15, -0.1) is 0 Å². The first-order valence-corrected chi connectivity index (χ1v) is 11.3. The second-order valence-electron chi connectivity index (χ2n) is 8.74. The third kappa shape index (κ3) is 4.51. The molecule has 0 unspecified atom stereocenters. The number of piperidine rings is 1. The summed E-state index contributed by atoms with van der Waals surface area (Å²) in [5.74, 6) is 1.12. The summed E-state index contributed by atoms with van der Waals surface area (Å²) in [5.41, 5.74) is 10.4. The maximum Gasteiger partial charge on any atom is 0.259 e. The largest absolute Gasteiger partial charge is 0.340 e. The smallest absolute Gasteiger partial charge is 0.259 e. The summed E-state index contributed by atoms with van der Waals surface area (Å²) >= 11 is 0. The lowest BCUT2D eigenvalue weighted by Gasteiger charge is -2.29. The Labute approximate surface area is 192 Å². The first-order valence-electron chi connectivity index (χ1n) is 11.3. The van der Waals surface area contributed by atoms with Crippen molar-refractivity contribution in [1.29, 1.82) is 0 Å². The van der Waals surface area contributed by atoms with Crippen LogP contribution in [0.4, 0.5) is 11.5 Å². The maximum absolute atomic E-state index is 12.7. The van der Waals surface area contributed by atoms with Gasteiger partial charge in [0.15, 0.2) is 0 Å². The molecule has 0 spiro atoms. The number of hydrogen-bond donors (Lipinski definition) is 3. The van der Waals surface area contributed by atoms with Gasteiger partial charge in [-0.25, -0.2) is 4.98 Å². The van der Waals surface area contributed by atoms with Crippen LogP contribution in [0.1, 0.15) is 29.9 Å². The van der Waals surface area contributed by atoms with Crippen LogP contribution in [-0.2, 0) is 6.54 Å². The molecule has 1 fully saturated rings. The molecule has 0 radical (unpaired) electrons. The molecule has 0 amide bonds. The van der Waals surface area contributed by atoms with Gasteiger partial charge in [-0.05, 0) is 85.7 Å². The van der Waals surface area contributed by atoms with Gasteiger partial charge in [0.25, 0.3) is 5.56 Å². The number of H-pyrrole nitrogens is 1. The molecule has 1 aromatic carbocycles. The fourth-order valence-corrected chi connectivity index (χ4v) is 4.51. The van der Waals surface area contributed by atoms with Gasteiger partial charge in [-0.1, -0.05) is 12.1 Å². The van der Waals surface area contributed by atoms with E-state index in [4.69, 9.17) is 10.7 Å². The van der Waals surface area contributed by atoms with E-state index in [9.17, 15) is 4.79 Å². The van der Waals surface area contributed by atoms with E-state index in [0.29, 0.717) is 23.7 Å². The Morgan fingerprint density at radius 2 is 1.91 bits per heavy atom. The van der Waals surface area contributed by atoms with E-state index in [1.54, 1.807) is 18.6 Å².